The highest BCUT2D eigenvalue weighted by Crippen LogP contribution is 2.23. The molecule has 0 saturated carbocycles. The molecular weight excluding hydrogens is 322 g/mol. The topological polar surface area (TPSA) is 17.1 Å². The van der Waals surface area contributed by atoms with Gasteiger partial charge in [-0.2, -0.15) is 0 Å². The van der Waals surface area contributed by atoms with E-state index in [1.165, 1.54) is 29.6 Å². The van der Waals surface area contributed by atoms with Gasteiger partial charge in [0.25, 0.3) is 0 Å². The van der Waals surface area contributed by atoms with Gasteiger partial charge in [-0.1, -0.05) is 6.07 Å². The smallest absolute Gasteiger partial charge is 0.191 e. The summed E-state index contributed by atoms with van der Waals surface area (Å²) in [5, 5.41) is 0. The van der Waals surface area contributed by atoms with Crippen LogP contribution in [0.15, 0.2) is 40.2 Å². The van der Waals surface area contributed by atoms with Gasteiger partial charge in [0.1, 0.15) is 11.6 Å². The molecule has 0 saturated heterocycles. The first-order valence-corrected chi connectivity index (χ1v) is 6.60. The first-order chi connectivity index (χ1) is 8.58. The fourth-order valence-electron chi connectivity index (χ4n) is 1.39. The Bertz CT molecular complexity index is 599. The Balaban J connectivity index is 2.25. The molecule has 92 valence electrons. The molecule has 0 unspecified atom stereocenters. The Kier molecular flexibility index (Phi) is 4.04. The van der Waals surface area contributed by atoms with Gasteiger partial charge in [-0.15, -0.1) is 11.3 Å². The van der Waals surface area contributed by atoms with Crippen molar-refractivity contribution < 1.29 is 13.6 Å². The molecule has 0 atom stereocenters. The van der Waals surface area contributed by atoms with Crippen LogP contribution in [-0.2, 0) is 0 Å². The molecule has 2 rings (SSSR count). The molecule has 1 aromatic heterocycles. The number of carbonyl (C=O) groups excluding carboxylic acids is 1. The average Bonchev–Trinajstić information content (AvgIpc) is 2.72. The zero-order chi connectivity index (χ0) is 13.1. The van der Waals surface area contributed by atoms with Gasteiger partial charge in [0, 0.05) is 4.88 Å². The van der Waals surface area contributed by atoms with Gasteiger partial charge in [0.05, 0.1) is 9.35 Å². The molecule has 0 fully saturated rings. The highest BCUT2D eigenvalue weighted by Gasteiger charge is 2.14. The predicted octanol–water partition coefficient (Wildman–Crippen LogP) is 4.68. The number of allylic oxidation sites excluding steroid dienone is 1. The van der Waals surface area contributed by atoms with Crippen LogP contribution >= 0.6 is 27.3 Å². The van der Waals surface area contributed by atoms with E-state index in [-0.39, 0.29) is 0 Å². The molecule has 2 aromatic rings. The predicted molar refractivity (Wildman–Crippen MR) is 71.7 cm³/mol. The molecule has 0 aliphatic heterocycles. The third-order valence-electron chi connectivity index (χ3n) is 2.20. The lowest BCUT2D eigenvalue weighted by molar-refractivity contribution is 0.104. The number of thiophene rings is 1. The SMILES string of the molecule is O=C(/C=C/c1ccc(Br)s1)c1c(F)cccc1F. The Morgan fingerprint density at radius 3 is 2.39 bits per heavy atom. The minimum Gasteiger partial charge on any atom is -0.289 e. The third-order valence-corrected chi connectivity index (χ3v) is 3.79. The summed E-state index contributed by atoms with van der Waals surface area (Å²) in [5.41, 5.74) is -0.524. The van der Waals surface area contributed by atoms with Crippen molar-refractivity contribution in [3.8, 4) is 0 Å². The first kappa shape index (κ1) is 13.1. The molecule has 0 bridgehead atoms. The van der Waals surface area contributed by atoms with Crippen molar-refractivity contribution in [3.63, 3.8) is 0 Å². The van der Waals surface area contributed by atoms with Crippen LogP contribution in [0.4, 0.5) is 8.78 Å². The summed E-state index contributed by atoms with van der Waals surface area (Å²) in [7, 11) is 0. The van der Waals surface area contributed by atoms with Crippen LogP contribution in [0.25, 0.3) is 6.08 Å². The second-order valence-electron chi connectivity index (χ2n) is 3.44. The van der Waals surface area contributed by atoms with Gasteiger partial charge in [-0.3, -0.25) is 4.79 Å². The number of carbonyl (C=O) groups is 1. The Labute approximate surface area is 115 Å². The van der Waals surface area contributed by atoms with Gasteiger partial charge in [0.15, 0.2) is 5.78 Å². The van der Waals surface area contributed by atoms with Crippen LogP contribution in [-0.4, -0.2) is 5.78 Å². The van der Waals surface area contributed by atoms with Gasteiger partial charge >= 0.3 is 0 Å². The minimum atomic E-state index is -0.850. The average molecular weight is 329 g/mol. The molecular formula is C13H7BrF2OS. The van der Waals surface area contributed by atoms with E-state index in [1.54, 1.807) is 6.07 Å². The number of hydrogen-bond acceptors (Lipinski definition) is 2. The zero-order valence-corrected chi connectivity index (χ0v) is 11.4. The standard InChI is InChI=1S/C13H7BrF2OS/c14-12-7-5-8(18-12)4-6-11(17)13-9(15)2-1-3-10(13)16/h1-7H/b6-4+. The van der Waals surface area contributed by atoms with Crippen LogP contribution < -0.4 is 0 Å². The van der Waals surface area contributed by atoms with E-state index < -0.39 is 23.0 Å². The molecule has 0 spiro atoms. The first-order valence-electron chi connectivity index (χ1n) is 4.99. The lowest BCUT2D eigenvalue weighted by Crippen LogP contribution is -2.02. The van der Waals surface area contributed by atoms with Crippen LogP contribution in [0.3, 0.4) is 0 Å². The van der Waals surface area contributed by atoms with Gasteiger partial charge in [0.2, 0.25) is 0 Å². The molecule has 18 heavy (non-hydrogen) atoms. The van der Waals surface area contributed by atoms with Crippen LogP contribution in [0.1, 0.15) is 15.2 Å². The van der Waals surface area contributed by atoms with Crippen molar-refractivity contribution in [2.24, 2.45) is 0 Å². The quantitative estimate of drug-likeness (QED) is 0.590. The lowest BCUT2D eigenvalue weighted by atomic mass is 10.1. The highest BCUT2D eigenvalue weighted by molar-refractivity contribution is 9.11. The fourth-order valence-corrected chi connectivity index (χ4v) is 2.72. The molecule has 0 aliphatic rings. The largest absolute Gasteiger partial charge is 0.289 e. The van der Waals surface area contributed by atoms with Gasteiger partial charge < -0.3 is 0 Å². The van der Waals surface area contributed by atoms with Gasteiger partial charge in [-0.25, -0.2) is 8.78 Å². The van der Waals surface area contributed by atoms with E-state index in [1.807, 2.05) is 6.07 Å². The number of halogens is 3. The van der Waals surface area contributed by atoms with Crippen molar-refractivity contribution in [3.05, 3.63) is 62.3 Å². The summed E-state index contributed by atoms with van der Waals surface area (Å²) in [6, 6.07) is 6.98. The van der Waals surface area contributed by atoms with E-state index in [4.69, 9.17) is 0 Å². The molecule has 1 heterocycles. The maximum absolute atomic E-state index is 13.3. The van der Waals surface area contributed by atoms with E-state index in [2.05, 4.69) is 15.9 Å². The maximum Gasteiger partial charge on any atom is 0.191 e. The van der Waals surface area contributed by atoms with Crippen LogP contribution in [0.2, 0.25) is 0 Å². The number of rotatable bonds is 3. The van der Waals surface area contributed by atoms with E-state index >= 15 is 0 Å². The summed E-state index contributed by atoms with van der Waals surface area (Å²) in [6.07, 6.45) is 2.70. The summed E-state index contributed by atoms with van der Waals surface area (Å²) < 4.78 is 27.6. The molecule has 0 N–H and O–H groups in total. The normalized spacial score (nSPS) is 11.1. The van der Waals surface area contributed by atoms with Crippen molar-refractivity contribution >= 4 is 39.1 Å². The second kappa shape index (κ2) is 5.54. The lowest BCUT2D eigenvalue weighted by Gasteiger charge is -1.99. The zero-order valence-electron chi connectivity index (χ0n) is 8.99. The Morgan fingerprint density at radius 1 is 1.17 bits per heavy atom. The maximum atomic E-state index is 13.3. The summed E-state index contributed by atoms with van der Waals surface area (Å²) in [6.45, 7) is 0. The molecule has 1 aromatic carbocycles. The number of hydrogen-bond donors (Lipinski definition) is 0. The Hall–Kier alpha value is -1.33. The van der Waals surface area contributed by atoms with Crippen LogP contribution in [0.5, 0.6) is 0 Å². The van der Waals surface area contributed by atoms with Crippen LogP contribution in [0, 0.1) is 11.6 Å². The van der Waals surface area contributed by atoms with Crippen molar-refractivity contribution in [2.75, 3.05) is 0 Å². The second-order valence-corrected chi connectivity index (χ2v) is 5.93. The number of ketones is 1. The summed E-state index contributed by atoms with van der Waals surface area (Å²) in [5.74, 6) is -2.39. The van der Waals surface area contributed by atoms with E-state index in [0.29, 0.717) is 0 Å². The third kappa shape index (κ3) is 2.91. The van der Waals surface area contributed by atoms with E-state index in [0.717, 1.165) is 20.8 Å². The molecule has 5 heteroatoms. The molecule has 0 amide bonds. The summed E-state index contributed by atoms with van der Waals surface area (Å²) in [4.78, 5) is 12.5. The van der Waals surface area contributed by atoms with E-state index in [9.17, 15) is 13.6 Å². The Morgan fingerprint density at radius 2 is 1.83 bits per heavy atom. The highest BCUT2D eigenvalue weighted by atomic mass is 79.9. The molecule has 1 nitrogen and oxygen atoms in total. The van der Waals surface area contributed by atoms with Crippen molar-refractivity contribution in [1.82, 2.24) is 0 Å². The minimum absolute atomic E-state index is 0.524. The number of benzene rings is 1. The van der Waals surface area contributed by atoms with Crippen molar-refractivity contribution in [1.29, 1.82) is 0 Å². The molecule has 0 radical (unpaired) electrons. The van der Waals surface area contributed by atoms with Gasteiger partial charge in [-0.05, 0) is 52.3 Å². The fraction of sp³-hybridized carbons (Fsp3) is 0. The monoisotopic (exact) mass is 328 g/mol. The molecule has 0 aliphatic carbocycles. The summed E-state index contributed by atoms with van der Waals surface area (Å²) >= 11 is 4.71. The van der Waals surface area contributed by atoms with Crippen molar-refractivity contribution in [2.45, 2.75) is 0 Å².